The lowest BCUT2D eigenvalue weighted by Gasteiger charge is -2.35. The van der Waals surface area contributed by atoms with E-state index in [1.165, 1.54) is 91.9 Å². The molecule has 11 aromatic rings. The Morgan fingerprint density at radius 3 is 1.81 bits per heavy atom. The summed E-state index contributed by atoms with van der Waals surface area (Å²) >= 11 is 1.86. The van der Waals surface area contributed by atoms with E-state index in [1.807, 2.05) is 11.3 Å². The first-order valence-electron chi connectivity index (χ1n) is 20.3. The van der Waals surface area contributed by atoms with Crippen molar-refractivity contribution in [3.8, 4) is 22.3 Å². The third-order valence-corrected chi connectivity index (χ3v) is 13.6. The van der Waals surface area contributed by atoms with Crippen LogP contribution in [0.3, 0.4) is 0 Å². The van der Waals surface area contributed by atoms with Crippen LogP contribution in [-0.4, -0.2) is 0 Å². The van der Waals surface area contributed by atoms with Gasteiger partial charge in [0.15, 0.2) is 0 Å². The van der Waals surface area contributed by atoms with Crippen LogP contribution in [0.2, 0.25) is 0 Å². The fourth-order valence-corrected chi connectivity index (χ4v) is 11.2. The Hall–Kier alpha value is -7.26. The van der Waals surface area contributed by atoms with Gasteiger partial charge in [-0.25, -0.2) is 0 Å². The van der Waals surface area contributed by atoms with Crippen LogP contribution in [0.4, 0.5) is 17.1 Å². The summed E-state index contributed by atoms with van der Waals surface area (Å²) in [4.78, 5) is 2.43. The van der Waals surface area contributed by atoms with Crippen LogP contribution >= 0.6 is 11.3 Å². The molecule has 1 aliphatic carbocycles. The normalized spacial score (nSPS) is 12.9. The number of nitrogens with zero attached hydrogens (tertiary/aromatic N) is 1. The Kier molecular flexibility index (Phi) is 7.69. The predicted molar refractivity (Wildman–Crippen MR) is 252 cm³/mol. The summed E-state index contributed by atoms with van der Waals surface area (Å²) in [5.74, 6) is 0. The van der Waals surface area contributed by atoms with Gasteiger partial charge in [-0.15, -0.1) is 11.3 Å². The van der Waals surface area contributed by atoms with Gasteiger partial charge in [0.1, 0.15) is 0 Å². The largest absolute Gasteiger partial charge is 0.310 e. The van der Waals surface area contributed by atoms with E-state index in [4.69, 9.17) is 0 Å². The highest BCUT2D eigenvalue weighted by atomic mass is 32.1. The summed E-state index contributed by atoms with van der Waals surface area (Å²) in [5, 5.41) is 7.53. The van der Waals surface area contributed by atoms with Gasteiger partial charge in [0.2, 0.25) is 0 Å². The Labute approximate surface area is 347 Å². The molecule has 0 unspecified atom stereocenters. The van der Waals surface area contributed by atoms with E-state index in [-0.39, 0.29) is 0 Å². The topological polar surface area (TPSA) is 3.24 Å². The van der Waals surface area contributed by atoms with E-state index in [2.05, 4.69) is 229 Å². The standard InChI is InChI=1S/C57H37NS/c1-4-18-42(19-5-1)57(43-20-6-2-7-21-43)50-27-14-12-25-47(50)54-49(37-40-17-10-11-24-46(40)56(54)57)41-32-31-39-36-45(34-33-38(39)35-41)58(44-22-8-3-9-23-44)51-28-16-30-53-55(51)48-26-13-15-29-52(48)59-53/h1-37H. The monoisotopic (exact) mass is 767 g/mol. The summed E-state index contributed by atoms with van der Waals surface area (Å²) in [5.41, 5.74) is 13.3. The number of hydrogen-bond donors (Lipinski definition) is 0. The van der Waals surface area contributed by atoms with Crippen molar-refractivity contribution in [2.45, 2.75) is 5.41 Å². The van der Waals surface area contributed by atoms with Crippen molar-refractivity contribution in [1.82, 2.24) is 0 Å². The molecule has 0 radical (unpaired) electrons. The van der Waals surface area contributed by atoms with Crippen molar-refractivity contribution in [2.75, 3.05) is 4.90 Å². The van der Waals surface area contributed by atoms with E-state index in [9.17, 15) is 0 Å². The first-order chi connectivity index (χ1) is 29.3. The van der Waals surface area contributed by atoms with Crippen LogP contribution in [0, 0.1) is 0 Å². The molecule has 0 N–H and O–H groups in total. The molecule has 0 aliphatic heterocycles. The zero-order valence-corrected chi connectivity index (χ0v) is 33.0. The summed E-state index contributed by atoms with van der Waals surface area (Å²) in [7, 11) is 0. The molecular formula is C57H37NS. The second kappa shape index (κ2) is 13.4. The lowest BCUT2D eigenvalue weighted by Crippen LogP contribution is -2.28. The smallest absolute Gasteiger partial charge is 0.0719 e. The fraction of sp³-hybridized carbons (Fsp3) is 0.0175. The molecule has 0 amide bonds. The highest BCUT2D eigenvalue weighted by molar-refractivity contribution is 7.26. The van der Waals surface area contributed by atoms with Crippen LogP contribution in [-0.2, 0) is 5.41 Å². The minimum atomic E-state index is -0.493. The molecule has 276 valence electrons. The lowest BCUT2D eigenvalue weighted by atomic mass is 9.66. The molecule has 1 aromatic heterocycles. The van der Waals surface area contributed by atoms with Gasteiger partial charge in [-0.2, -0.15) is 0 Å². The highest BCUT2D eigenvalue weighted by Crippen LogP contribution is 2.60. The third-order valence-electron chi connectivity index (χ3n) is 12.5. The van der Waals surface area contributed by atoms with Crippen LogP contribution in [0.25, 0.3) is 64.0 Å². The van der Waals surface area contributed by atoms with Crippen molar-refractivity contribution in [2.24, 2.45) is 0 Å². The van der Waals surface area contributed by atoms with Crippen LogP contribution in [0.5, 0.6) is 0 Å². The summed E-state index contributed by atoms with van der Waals surface area (Å²) in [6, 6.07) is 83.0. The first kappa shape index (κ1) is 33.8. The first-order valence-corrected chi connectivity index (χ1v) is 21.2. The van der Waals surface area contributed by atoms with Gasteiger partial charge in [-0.05, 0) is 121 Å². The van der Waals surface area contributed by atoms with Crippen molar-refractivity contribution in [3.63, 3.8) is 0 Å². The SMILES string of the molecule is c1ccc(N(c2ccc3cc(-c4cc5ccccc5c5c4-c4ccccc4C5(c4ccccc4)c4ccccc4)ccc3c2)c2cccc3sc4ccccc4c23)cc1. The molecule has 12 rings (SSSR count). The molecule has 59 heavy (non-hydrogen) atoms. The quantitative estimate of drug-likeness (QED) is 0.163. The van der Waals surface area contributed by atoms with Crippen molar-refractivity contribution in [1.29, 1.82) is 0 Å². The number of rotatable bonds is 6. The minimum Gasteiger partial charge on any atom is -0.310 e. The number of para-hydroxylation sites is 1. The maximum absolute atomic E-state index is 2.43. The van der Waals surface area contributed by atoms with Crippen LogP contribution < -0.4 is 4.90 Å². The van der Waals surface area contributed by atoms with Crippen molar-refractivity contribution < 1.29 is 0 Å². The van der Waals surface area contributed by atoms with Gasteiger partial charge in [0.25, 0.3) is 0 Å². The Balaban J connectivity index is 1.08. The number of benzene rings is 10. The zero-order valence-electron chi connectivity index (χ0n) is 32.2. The summed E-state index contributed by atoms with van der Waals surface area (Å²) < 4.78 is 2.60. The molecule has 1 aliphatic rings. The van der Waals surface area contributed by atoms with Gasteiger partial charge >= 0.3 is 0 Å². The molecule has 0 fully saturated rings. The molecular weight excluding hydrogens is 731 g/mol. The van der Waals surface area contributed by atoms with Gasteiger partial charge < -0.3 is 4.90 Å². The highest BCUT2D eigenvalue weighted by Gasteiger charge is 2.48. The number of fused-ring (bicyclic) bond motifs is 9. The van der Waals surface area contributed by atoms with Crippen molar-refractivity contribution >= 4 is 70.1 Å². The molecule has 0 atom stereocenters. The van der Waals surface area contributed by atoms with Gasteiger partial charge in [0.05, 0.1) is 11.1 Å². The van der Waals surface area contributed by atoms with E-state index < -0.39 is 5.41 Å². The van der Waals surface area contributed by atoms with Gasteiger partial charge in [0, 0.05) is 31.5 Å². The van der Waals surface area contributed by atoms with Crippen LogP contribution in [0.1, 0.15) is 22.3 Å². The average molecular weight is 768 g/mol. The number of thiophene rings is 1. The summed E-state index contributed by atoms with van der Waals surface area (Å²) in [6.45, 7) is 0. The Morgan fingerprint density at radius 1 is 0.390 bits per heavy atom. The number of anilines is 3. The second-order valence-corrected chi connectivity index (χ2v) is 16.7. The molecule has 10 aromatic carbocycles. The van der Waals surface area contributed by atoms with E-state index >= 15 is 0 Å². The maximum Gasteiger partial charge on any atom is 0.0719 e. The van der Waals surface area contributed by atoms with Crippen molar-refractivity contribution in [3.05, 3.63) is 247 Å². The molecule has 0 saturated carbocycles. The fourth-order valence-electron chi connectivity index (χ4n) is 10.0. The third kappa shape index (κ3) is 5.10. The number of hydrogen-bond acceptors (Lipinski definition) is 2. The average Bonchev–Trinajstić information content (AvgIpc) is 3.85. The molecule has 0 spiro atoms. The maximum atomic E-state index is 2.43. The zero-order chi connectivity index (χ0) is 38.9. The molecule has 1 nitrogen and oxygen atoms in total. The molecule has 2 heteroatoms. The predicted octanol–water partition coefficient (Wildman–Crippen LogP) is 15.9. The Bertz CT molecular complexity index is 3340. The van der Waals surface area contributed by atoms with E-state index in [0.29, 0.717) is 0 Å². The summed E-state index contributed by atoms with van der Waals surface area (Å²) in [6.07, 6.45) is 0. The Morgan fingerprint density at radius 2 is 1.02 bits per heavy atom. The van der Waals surface area contributed by atoms with Gasteiger partial charge in [-0.3, -0.25) is 0 Å². The lowest BCUT2D eigenvalue weighted by molar-refractivity contribution is 0.775. The molecule has 0 saturated heterocycles. The van der Waals surface area contributed by atoms with Crippen LogP contribution in [0.15, 0.2) is 224 Å². The van der Waals surface area contributed by atoms with E-state index in [0.717, 1.165) is 11.4 Å². The second-order valence-electron chi connectivity index (χ2n) is 15.6. The molecule has 1 heterocycles. The minimum absolute atomic E-state index is 0.493. The van der Waals surface area contributed by atoms with Gasteiger partial charge in [-0.1, -0.05) is 170 Å². The molecule has 0 bridgehead atoms. The van der Waals surface area contributed by atoms with E-state index in [1.54, 1.807) is 0 Å².